The summed E-state index contributed by atoms with van der Waals surface area (Å²) in [5, 5.41) is 4.15. The Bertz CT molecular complexity index is 645. The standard InChI is InChI=1S/C16H17Cl2NO/c1-14-8-16(12(14)5-6-15(14,16)2)13(20)19-11-7-9(17)3-4-10(11)18/h3-4,7,12H,5-6,8H2,1-2H3,(H,19,20)/t12-,14?,15+,16?/m0/s1. The number of halogens is 2. The Kier molecular flexibility index (Phi) is 2.29. The van der Waals surface area contributed by atoms with Gasteiger partial charge in [0, 0.05) is 5.02 Å². The van der Waals surface area contributed by atoms with Crippen molar-refractivity contribution < 1.29 is 4.79 Å². The minimum absolute atomic E-state index is 0.135. The molecule has 0 heterocycles. The first-order valence-electron chi connectivity index (χ1n) is 7.12. The second-order valence-electron chi connectivity index (χ2n) is 7.07. The molecule has 2 unspecified atom stereocenters. The molecule has 6 rings (SSSR count). The zero-order valence-electron chi connectivity index (χ0n) is 11.6. The van der Waals surface area contributed by atoms with Crippen molar-refractivity contribution in [3.05, 3.63) is 28.2 Å². The third-order valence-corrected chi connectivity index (χ3v) is 7.33. The average molecular weight is 310 g/mol. The maximum absolute atomic E-state index is 12.8. The molecule has 4 atom stereocenters. The number of hydrogen-bond donors (Lipinski definition) is 1. The molecule has 5 aliphatic carbocycles. The minimum atomic E-state index is -0.159. The Morgan fingerprint density at radius 1 is 1.35 bits per heavy atom. The van der Waals surface area contributed by atoms with Gasteiger partial charge in [-0.25, -0.2) is 0 Å². The summed E-state index contributed by atoms with van der Waals surface area (Å²) in [6.07, 6.45) is 3.37. The summed E-state index contributed by atoms with van der Waals surface area (Å²) >= 11 is 12.1. The lowest BCUT2D eigenvalue weighted by Gasteiger charge is -2.81. The molecule has 4 heteroatoms. The third-order valence-electron chi connectivity index (χ3n) is 6.77. The van der Waals surface area contributed by atoms with Gasteiger partial charge < -0.3 is 5.32 Å². The highest BCUT2D eigenvalue weighted by atomic mass is 35.5. The van der Waals surface area contributed by atoms with Crippen molar-refractivity contribution in [2.75, 3.05) is 5.32 Å². The second-order valence-corrected chi connectivity index (χ2v) is 7.91. The molecule has 0 saturated heterocycles. The number of nitrogens with one attached hydrogen (secondary N) is 1. The van der Waals surface area contributed by atoms with Crippen molar-refractivity contribution in [2.45, 2.75) is 33.1 Å². The molecule has 1 aromatic rings. The van der Waals surface area contributed by atoms with Crippen molar-refractivity contribution >= 4 is 34.8 Å². The van der Waals surface area contributed by atoms with Gasteiger partial charge in [0.2, 0.25) is 5.91 Å². The van der Waals surface area contributed by atoms with Gasteiger partial charge >= 0.3 is 0 Å². The number of rotatable bonds is 2. The van der Waals surface area contributed by atoms with Crippen LogP contribution in [0.4, 0.5) is 5.69 Å². The van der Waals surface area contributed by atoms with Gasteiger partial charge in [-0.2, -0.15) is 0 Å². The second kappa shape index (κ2) is 3.53. The fourth-order valence-electron chi connectivity index (χ4n) is 5.55. The molecule has 0 spiro atoms. The molecular formula is C16H17Cl2NO. The van der Waals surface area contributed by atoms with Gasteiger partial charge in [-0.05, 0) is 54.2 Å². The van der Waals surface area contributed by atoms with Gasteiger partial charge in [0.15, 0.2) is 0 Å². The van der Waals surface area contributed by atoms with Crippen LogP contribution in [0.1, 0.15) is 33.1 Å². The lowest BCUT2D eigenvalue weighted by Crippen LogP contribution is -2.81. The first-order valence-corrected chi connectivity index (χ1v) is 7.87. The zero-order chi connectivity index (χ0) is 14.3. The highest BCUT2D eigenvalue weighted by Crippen LogP contribution is 2.93. The lowest BCUT2D eigenvalue weighted by atomic mass is 9.21. The topological polar surface area (TPSA) is 29.1 Å². The van der Waals surface area contributed by atoms with E-state index in [-0.39, 0.29) is 16.7 Å². The Balaban J connectivity index is 1.63. The zero-order valence-corrected chi connectivity index (χ0v) is 13.1. The minimum Gasteiger partial charge on any atom is -0.324 e. The molecule has 1 aromatic carbocycles. The summed E-state index contributed by atoms with van der Waals surface area (Å²) < 4.78 is 0. The van der Waals surface area contributed by atoms with E-state index in [1.165, 1.54) is 12.8 Å². The van der Waals surface area contributed by atoms with Gasteiger partial charge in [0.05, 0.1) is 16.1 Å². The number of fused-ring (bicyclic) bond motifs is 1. The SMILES string of the molecule is CC12CC3(C(=O)Nc4cc(Cl)ccc4Cl)[C@H]1CC[C@]23C. The monoisotopic (exact) mass is 309 g/mol. The van der Waals surface area contributed by atoms with Crippen LogP contribution in [0, 0.1) is 22.2 Å². The van der Waals surface area contributed by atoms with Crippen LogP contribution in [0.5, 0.6) is 0 Å². The molecule has 20 heavy (non-hydrogen) atoms. The predicted molar refractivity (Wildman–Crippen MR) is 81.1 cm³/mol. The molecular weight excluding hydrogens is 293 g/mol. The number of hydrogen-bond acceptors (Lipinski definition) is 1. The van der Waals surface area contributed by atoms with E-state index >= 15 is 0 Å². The highest BCUT2D eigenvalue weighted by molar-refractivity contribution is 6.35. The number of carbonyl (C=O) groups excluding carboxylic acids is 1. The van der Waals surface area contributed by atoms with Crippen molar-refractivity contribution in [3.8, 4) is 0 Å². The maximum atomic E-state index is 12.8. The molecule has 106 valence electrons. The van der Waals surface area contributed by atoms with Crippen LogP contribution in [0.25, 0.3) is 0 Å². The third kappa shape index (κ3) is 1.11. The van der Waals surface area contributed by atoms with E-state index in [0.717, 1.165) is 6.42 Å². The summed E-state index contributed by atoms with van der Waals surface area (Å²) in [7, 11) is 0. The van der Waals surface area contributed by atoms with E-state index in [0.29, 0.717) is 27.1 Å². The van der Waals surface area contributed by atoms with Crippen LogP contribution in [-0.2, 0) is 4.79 Å². The Labute approximate surface area is 128 Å². The van der Waals surface area contributed by atoms with Crippen LogP contribution < -0.4 is 5.32 Å². The summed E-state index contributed by atoms with van der Waals surface area (Å²) in [6, 6.07) is 5.17. The first kappa shape index (κ1) is 13.0. The molecule has 0 radical (unpaired) electrons. The summed E-state index contributed by atoms with van der Waals surface area (Å²) in [5.74, 6) is 0.688. The van der Waals surface area contributed by atoms with E-state index in [2.05, 4.69) is 19.2 Å². The van der Waals surface area contributed by atoms with Gasteiger partial charge in [0.25, 0.3) is 0 Å². The van der Waals surface area contributed by atoms with Gasteiger partial charge in [0.1, 0.15) is 0 Å². The molecule has 1 amide bonds. The predicted octanol–water partition coefficient (Wildman–Crippen LogP) is 4.76. The van der Waals surface area contributed by atoms with Crippen LogP contribution in [0.3, 0.4) is 0 Å². The number of carbonyl (C=O) groups is 1. The largest absolute Gasteiger partial charge is 0.324 e. The van der Waals surface area contributed by atoms with Crippen molar-refractivity contribution in [1.82, 2.24) is 0 Å². The Morgan fingerprint density at radius 2 is 2.10 bits per heavy atom. The van der Waals surface area contributed by atoms with E-state index in [4.69, 9.17) is 23.2 Å². The van der Waals surface area contributed by atoms with E-state index in [9.17, 15) is 4.79 Å². The molecule has 5 aliphatic rings. The molecule has 0 aliphatic heterocycles. The van der Waals surface area contributed by atoms with Crippen molar-refractivity contribution in [1.29, 1.82) is 0 Å². The van der Waals surface area contributed by atoms with Crippen LogP contribution in [0.15, 0.2) is 18.2 Å². The van der Waals surface area contributed by atoms with E-state index in [1.807, 2.05) is 0 Å². The maximum Gasteiger partial charge on any atom is 0.231 e. The van der Waals surface area contributed by atoms with Gasteiger partial charge in [-0.1, -0.05) is 37.0 Å². The molecule has 5 saturated carbocycles. The van der Waals surface area contributed by atoms with Crippen LogP contribution in [-0.4, -0.2) is 5.91 Å². The lowest BCUT2D eigenvalue weighted by molar-refractivity contribution is -0.326. The van der Waals surface area contributed by atoms with E-state index in [1.54, 1.807) is 18.2 Å². The number of anilines is 1. The molecule has 0 aromatic heterocycles. The molecule has 5 fully saturated rings. The smallest absolute Gasteiger partial charge is 0.231 e. The normalized spacial score (nSPS) is 43.7. The quantitative estimate of drug-likeness (QED) is 0.838. The summed E-state index contributed by atoms with van der Waals surface area (Å²) in [6.45, 7) is 4.62. The van der Waals surface area contributed by atoms with Crippen molar-refractivity contribution in [3.63, 3.8) is 0 Å². The molecule has 1 N–H and O–H groups in total. The number of benzene rings is 1. The molecule has 2 nitrogen and oxygen atoms in total. The van der Waals surface area contributed by atoms with Crippen molar-refractivity contribution in [2.24, 2.45) is 22.2 Å². The first-order chi connectivity index (χ1) is 9.35. The summed E-state index contributed by atoms with van der Waals surface area (Å²) in [5.41, 5.74) is 1.04. The molecule has 4 bridgehead atoms. The average Bonchev–Trinajstić information content (AvgIpc) is 2.77. The van der Waals surface area contributed by atoms with Crippen LogP contribution in [0.2, 0.25) is 10.0 Å². The number of amides is 1. The van der Waals surface area contributed by atoms with Crippen LogP contribution >= 0.6 is 23.2 Å². The Hall–Kier alpha value is -0.730. The Morgan fingerprint density at radius 3 is 2.70 bits per heavy atom. The van der Waals surface area contributed by atoms with Gasteiger partial charge in [-0.15, -0.1) is 0 Å². The fourth-order valence-corrected chi connectivity index (χ4v) is 5.88. The summed E-state index contributed by atoms with van der Waals surface area (Å²) in [4.78, 5) is 12.8. The fraction of sp³-hybridized carbons (Fsp3) is 0.562. The van der Waals surface area contributed by atoms with Gasteiger partial charge in [-0.3, -0.25) is 4.79 Å². The van der Waals surface area contributed by atoms with E-state index < -0.39 is 0 Å². The highest BCUT2D eigenvalue weighted by Gasteiger charge is 2.91.